The van der Waals surface area contributed by atoms with Gasteiger partial charge in [0.1, 0.15) is 0 Å². The molecular formula is C17H19N5O4S. The third kappa shape index (κ3) is 3.45. The first-order chi connectivity index (χ1) is 12.9. The van der Waals surface area contributed by atoms with Crippen molar-refractivity contribution in [1.29, 1.82) is 0 Å². The number of anilines is 1. The van der Waals surface area contributed by atoms with Gasteiger partial charge in [0.15, 0.2) is 5.58 Å². The fraction of sp³-hybridized carbons (Fsp3) is 0.353. The first kappa shape index (κ1) is 17.7. The Labute approximate surface area is 155 Å². The Morgan fingerprint density at radius 1 is 1.22 bits per heavy atom. The maximum atomic E-state index is 12.6. The highest BCUT2D eigenvalue weighted by Crippen LogP contribution is 2.19. The van der Waals surface area contributed by atoms with E-state index in [1.54, 1.807) is 12.3 Å². The average molecular weight is 389 g/mol. The van der Waals surface area contributed by atoms with Gasteiger partial charge in [-0.25, -0.2) is 27.9 Å². The third-order valence-electron chi connectivity index (χ3n) is 4.61. The van der Waals surface area contributed by atoms with E-state index < -0.39 is 15.8 Å². The normalized spacial score (nSPS) is 14.9. The summed E-state index contributed by atoms with van der Waals surface area (Å²) in [5.41, 5.74) is 1.35. The Bertz CT molecular complexity index is 1150. The Morgan fingerprint density at radius 3 is 2.78 bits per heavy atom. The number of hydrogen-bond acceptors (Lipinski definition) is 7. The van der Waals surface area contributed by atoms with Crippen molar-refractivity contribution < 1.29 is 12.8 Å². The van der Waals surface area contributed by atoms with Gasteiger partial charge in [-0.05, 0) is 37.1 Å². The number of aryl methyl sites for hydroxylation is 1. The van der Waals surface area contributed by atoms with Gasteiger partial charge in [0.05, 0.1) is 22.7 Å². The highest BCUT2D eigenvalue weighted by molar-refractivity contribution is 7.89. The van der Waals surface area contributed by atoms with E-state index in [0.29, 0.717) is 22.7 Å². The molecule has 1 aromatic carbocycles. The van der Waals surface area contributed by atoms with Crippen LogP contribution >= 0.6 is 0 Å². The molecule has 3 heterocycles. The molecule has 1 aliphatic rings. The zero-order chi connectivity index (χ0) is 19.0. The maximum absolute atomic E-state index is 12.6. The van der Waals surface area contributed by atoms with Crippen LogP contribution in [0.3, 0.4) is 0 Å². The van der Waals surface area contributed by atoms with E-state index in [0.717, 1.165) is 25.9 Å². The van der Waals surface area contributed by atoms with Gasteiger partial charge >= 0.3 is 5.76 Å². The van der Waals surface area contributed by atoms with Crippen LogP contribution in [0.2, 0.25) is 0 Å². The molecule has 2 aromatic heterocycles. The Morgan fingerprint density at radius 2 is 2.00 bits per heavy atom. The second-order valence-corrected chi connectivity index (χ2v) is 8.19. The molecular weight excluding hydrogens is 370 g/mol. The van der Waals surface area contributed by atoms with Crippen molar-refractivity contribution in [2.45, 2.75) is 24.3 Å². The van der Waals surface area contributed by atoms with Crippen molar-refractivity contribution >= 4 is 27.1 Å². The fourth-order valence-electron chi connectivity index (χ4n) is 3.08. The van der Waals surface area contributed by atoms with Gasteiger partial charge in [-0.2, -0.15) is 0 Å². The van der Waals surface area contributed by atoms with Crippen LogP contribution in [0, 0.1) is 0 Å². The number of nitrogens with one attached hydrogen (secondary N) is 1. The molecule has 3 aromatic rings. The SMILES string of the molecule is Cn1c(=O)oc2ccc(S(=O)(=O)NCc3ccnc(N4CCCC4)n3)cc21. The molecule has 0 amide bonds. The molecule has 1 aliphatic heterocycles. The van der Waals surface area contributed by atoms with E-state index in [2.05, 4.69) is 19.6 Å². The summed E-state index contributed by atoms with van der Waals surface area (Å²) in [7, 11) is -2.24. The van der Waals surface area contributed by atoms with Crippen molar-refractivity contribution in [2.24, 2.45) is 7.05 Å². The molecule has 0 spiro atoms. The van der Waals surface area contributed by atoms with E-state index in [-0.39, 0.29) is 11.4 Å². The van der Waals surface area contributed by atoms with E-state index in [1.807, 2.05) is 0 Å². The van der Waals surface area contributed by atoms with Crippen LogP contribution in [-0.4, -0.2) is 36.0 Å². The summed E-state index contributed by atoms with van der Waals surface area (Å²) in [5.74, 6) is 0.0851. The summed E-state index contributed by atoms with van der Waals surface area (Å²) >= 11 is 0. The molecule has 1 N–H and O–H groups in total. The first-order valence-electron chi connectivity index (χ1n) is 8.60. The van der Waals surface area contributed by atoms with Crippen molar-refractivity contribution in [1.82, 2.24) is 19.3 Å². The molecule has 1 fully saturated rings. The van der Waals surface area contributed by atoms with Crippen LogP contribution in [0.25, 0.3) is 11.1 Å². The van der Waals surface area contributed by atoms with Gasteiger partial charge < -0.3 is 9.32 Å². The van der Waals surface area contributed by atoms with Gasteiger partial charge in [0, 0.05) is 26.3 Å². The molecule has 0 bridgehead atoms. The number of nitrogens with zero attached hydrogens (tertiary/aromatic N) is 4. The Balaban J connectivity index is 1.54. The third-order valence-corrected chi connectivity index (χ3v) is 6.00. The molecule has 0 atom stereocenters. The standard InChI is InChI=1S/C17H19N5O4S/c1-21-14-10-13(4-5-15(14)26-17(21)23)27(24,25)19-11-12-6-7-18-16(20-12)22-8-2-3-9-22/h4-7,10,19H,2-3,8-9,11H2,1H3. The predicted molar refractivity (Wildman–Crippen MR) is 99.0 cm³/mol. The molecule has 4 rings (SSSR count). The minimum absolute atomic E-state index is 0.0497. The molecule has 0 saturated carbocycles. The molecule has 27 heavy (non-hydrogen) atoms. The van der Waals surface area contributed by atoms with E-state index >= 15 is 0 Å². The summed E-state index contributed by atoms with van der Waals surface area (Å²) in [6, 6.07) is 5.98. The van der Waals surface area contributed by atoms with Crippen molar-refractivity contribution in [3.05, 3.63) is 46.7 Å². The molecule has 0 radical (unpaired) electrons. The largest absolute Gasteiger partial charge is 0.419 e. The molecule has 10 heteroatoms. The quantitative estimate of drug-likeness (QED) is 0.693. The highest BCUT2D eigenvalue weighted by atomic mass is 32.2. The van der Waals surface area contributed by atoms with E-state index in [1.165, 1.54) is 29.8 Å². The van der Waals surface area contributed by atoms with E-state index in [9.17, 15) is 13.2 Å². The summed E-state index contributed by atoms with van der Waals surface area (Å²) < 4.78 is 34.1. The molecule has 9 nitrogen and oxygen atoms in total. The van der Waals surface area contributed by atoms with Crippen LogP contribution < -0.4 is 15.4 Å². The number of oxazole rings is 1. The first-order valence-corrected chi connectivity index (χ1v) is 10.1. The smallest absolute Gasteiger partial charge is 0.408 e. The Hall–Kier alpha value is -2.72. The molecule has 0 aliphatic carbocycles. The number of sulfonamides is 1. The summed E-state index contributed by atoms with van der Waals surface area (Å²) in [6.07, 6.45) is 3.86. The lowest BCUT2D eigenvalue weighted by Gasteiger charge is -2.15. The highest BCUT2D eigenvalue weighted by Gasteiger charge is 2.18. The minimum Gasteiger partial charge on any atom is -0.408 e. The van der Waals surface area contributed by atoms with Crippen molar-refractivity contribution in [3.8, 4) is 0 Å². The number of aromatic nitrogens is 3. The maximum Gasteiger partial charge on any atom is 0.419 e. The second-order valence-electron chi connectivity index (χ2n) is 6.42. The lowest BCUT2D eigenvalue weighted by atomic mass is 10.3. The van der Waals surface area contributed by atoms with Crippen LogP contribution in [0.15, 0.2) is 44.6 Å². The molecule has 142 valence electrons. The monoisotopic (exact) mass is 389 g/mol. The average Bonchev–Trinajstić information content (AvgIpc) is 3.29. The topological polar surface area (TPSA) is 110 Å². The zero-order valence-electron chi connectivity index (χ0n) is 14.8. The van der Waals surface area contributed by atoms with Crippen LogP contribution in [0.1, 0.15) is 18.5 Å². The number of hydrogen-bond donors (Lipinski definition) is 1. The summed E-state index contributed by atoms with van der Waals surface area (Å²) in [6.45, 7) is 1.88. The second kappa shape index (κ2) is 6.78. The van der Waals surface area contributed by atoms with Gasteiger partial charge in [-0.1, -0.05) is 0 Å². The van der Waals surface area contributed by atoms with Gasteiger partial charge in [0.25, 0.3) is 0 Å². The van der Waals surface area contributed by atoms with Gasteiger partial charge in [-0.15, -0.1) is 0 Å². The fourth-order valence-corrected chi connectivity index (χ4v) is 4.10. The predicted octanol–water partition coefficient (Wildman–Crippen LogP) is 1.00. The van der Waals surface area contributed by atoms with Crippen molar-refractivity contribution in [3.63, 3.8) is 0 Å². The van der Waals surface area contributed by atoms with Gasteiger partial charge in [0.2, 0.25) is 16.0 Å². The van der Waals surface area contributed by atoms with Crippen molar-refractivity contribution in [2.75, 3.05) is 18.0 Å². The number of rotatable bonds is 5. The van der Waals surface area contributed by atoms with Crippen LogP contribution in [0.4, 0.5) is 5.95 Å². The number of fused-ring (bicyclic) bond motifs is 1. The minimum atomic E-state index is -3.77. The molecule has 1 saturated heterocycles. The summed E-state index contributed by atoms with van der Waals surface area (Å²) in [5, 5.41) is 0. The Kier molecular flexibility index (Phi) is 4.44. The summed E-state index contributed by atoms with van der Waals surface area (Å²) in [4.78, 5) is 22.4. The van der Waals surface area contributed by atoms with E-state index in [4.69, 9.17) is 4.42 Å². The zero-order valence-corrected chi connectivity index (χ0v) is 15.6. The lowest BCUT2D eigenvalue weighted by Crippen LogP contribution is -2.25. The lowest BCUT2D eigenvalue weighted by molar-refractivity contribution is 0.528. The molecule has 0 unspecified atom stereocenters. The van der Waals surface area contributed by atoms with Gasteiger partial charge in [-0.3, -0.25) is 4.57 Å². The number of benzene rings is 1. The van der Waals surface area contributed by atoms with Crippen LogP contribution in [0.5, 0.6) is 0 Å². The van der Waals surface area contributed by atoms with Crippen LogP contribution in [-0.2, 0) is 23.6 Å².